The van der Waals surface area contributed by atoms with Crippen molar-refractivity contribution in [1.82, 2.24) is 10.2 Å². The summed E-state index contributed by atoms with van der Waals surface area (Å²) in [4.78, 5) is 14.3. The van der Waals surface area contributed by atoms with Crippen molar-refractivity contribution in [1.29, 1.82) is 0 Å². The zero-order chi connectivity index (χ0) is 17.6. The van der Waals surface area contributed by atoms with Crippen LogP contribution in [0.3, 0.4) is 0 Å². The monoisotopic (exact) mass is 348 g/mol. The first-order valence-electron chi connectivity index (χ1n) is 9.56. The maximum absolute atomic E-state index is 13.7. The lowest BCUT2D eigenvalue weighted by Crippen LogP contribution is -2.45. The molecule has 1 saturated heterocycles. The second-order valence-corrected chi connectivity index (χ2v) is 7.53. The Morgan fingerprint density at radius 1 is 1.20 bits per heavy atom. The quantitative estimate of drug-likeness (QED) is 0.831. The number of hydrogen-bond donors (Lipinski definition) is 2. The molecule has 25 heavy (non-hydrogen) atoms. The van der Waals surface area contributed by atoms with Crippen molar-refractivity contribution in [2.45, 2.75) is 57.1 Å². The fraction of sp³-hybridized carbons (Fsp3) is 0.650. The molecule has 1 amide bonds. The van der Waals surface area contributed by atoms with Gasteiger partial charge in [0.25, 0.3) is 0 Å². The van der Waals surface area contributed by atoms with E-state index < -0.39 is 6.10 Å². The number of piperidine rings is 1. The van der Waals surface area contributed by atoms with Crippen LogP contribution in [0.15, 0.2) is 24.3 Å². The summed E-state index contributed by atoms with van der Waals surface area (Å²) in [6, 6.07) is 6.62. The van der Waals surface area contributed by atoms with Gasteiger partial charge in [-0.1, -0.05) is 31.0 Å². The van der Waals surface area contributed by atoms with E-state index in [4.69, 9.17) is 0 Å². The van der Waals surface area contributed by atoms with Gasteiger partial charge in [-0.25, -0.2) is 4.39 Å². The SMILES string of the molecule is O=C(CC1CCCC1)NC1CCN(CC(O)c2ccccc2F)CC1. The third-order valence-electron chi connectivity index (χ3n) is 5.60. The van der Waals surface area contributed by atoms with Gasteiger partial charge in [0.15, 0.2) is 0 Å². The Labute approximate surface area is 149 Å². The lowest BCUT2D eigenvalue weighted by molar-refractivity contribution is -0.123. The second kappa shape index (κ2) is 8.77. The van der Waals surface area contributed by atoms with E-state index in [1.54, 1.807) is 18.2 Å². The van der Waals surface area contributed by atoms with Crippen molar-refractivity contribution in [3.63, 3.8) is 0 Å². The number of nitrogens with zero attached hydrogens (tertiary/aromatic N) is 1. The molecule has 1 aromatic carbocycles. The van der Waals surface area contributed by atoms with Crippen LogP contribution in [0.2, 0.25) is 0 Å². The lowest BCUT2D eigenvalue weighted by atomic mass is 10.0. The van der Waals surface area contributed by atoms with Gasteiger partial charge < -0.3 is 15.3 Å². The predicted octanol–water partition coefficient (Wildman–Crippen LogP) is 3.02. The molecular weight excluding hydrogens is 319 g/mol. The number of aliphatic hydroxyl groups is 1. The van der Waals surface area contributed by atoms with Gasteiger partial charge in [0.1, 0.15) is 5.82 Å². The topological polar surface area (TPSA) is 52.6 Å². The van der Waals surface area contributed by atoms with Crippen molar-refractivity contribution >= 4 is 5.91 Å². The highest BCUT2D eigenvalue weighted by Crippen LogP contribution is 2.27. The zero-order valence-electron chi connectivity index (χ0n) is 14.8. The van der Waals surface area contributed by atoms with Crippen LogP contribution in [-0.2, 0) is 4.79 Å². The van der Waals surface area contributed by atoms with Gasteiger partial charge in [0, 0.05) is 37.7 Å². The van der Waals surface area contributed by atoms with Crippen LogP contribution in [0, 0.1) is 11.7 Å². The van der Waals surface area contributed by atoms with E-state index in [9.17, 15) is 14.3 Å². The number of hydrogen-bond acceptors (Lipinski definition) is 3. The molecule has 1 aliphatic carbocycles. The van der Waals surface area contributed by atoms with E-state index in [1.165, 1.54) is 31.7 Å². The predicted molar refractivity (Wildman–Crippen MR) is 95.5 cm³/mol. The standard InChI is InChI=1S/C20H29FN2O2/c21-18-8-4-3-7-17(18)19(24)14-23-11-9-16(10-12-23)22-20(25)13-15-5-1-2-6-15/h3-4,7-8,15-16,19,24H,1-2,5-6,9-14H2,(H,22,25). The molecule has 0 aromatic heterocycles. The molecule has 1 atom stereocenters. The summed E-state index contributed by atoms with van der Waals surface area (Å²) < 4.78 is 13.7. The minimum absolute atomic E-state index is 0.191. The number of halogens is 1. The average Bonchev–Trinajstić information content (AvgIpc) is 3.10. The average molecular weight is 348 g/mol. The summed E-state index contributed by atoms with van der Waals surface area (Å²) in [5, 5.41) is 13.4. The normalized spacial score (nSPS) is 21.4. The molecule has 0 radical (unpaired) electrons. The van der Waals surface area contributed by atoms with Crippen LogP contribution in [0.1, 0.15) is 56.6 Å². The van der Waals surface area contributed by atoms with E-state index in [1.807, 2.05) is 0 Å². The molecular formula is C20H29FN2O2. The Hall–Kier alpha value is -1.46. The summed E-state index contributed by atoms with van der Waals surface area (Å²) in [6.45, 7) is 2.07. The smallest absolute Gasteiger partial charge is 0.220 e. The molecule has 4 nitrogen and oxygen atoms in total. The van der Waals surface area contributed by atoms with Crippen LogP contribution in [0.25, 0.3) is 0 Å². The van der Waals surface area contributed by atoms with Crippen LogP contribution >= 0.6 is 0 Å². The van der Waals surface area contributed by atoms with Crippen LogP contribution in [0.5, 0.6) is 0 Å². The Balaban J connectivity index is 1.39. The third kappa shape index (κ3) is 5.25. The number of likely N-dealkylation sites (tertiary alicyclic amines) is 1. The molecule has 0 bridgehead atoms. The zero-order valence-corrected chi connectivity index (χ0v) is 14.8. The number of aliphatic hydroxyl groups excluding tert-OH is 1. The van der Waals surface area contributed by atoms with Gasteiger partial charge in [-0.05, 0) is 37.7 Å². The van der Waals surface area contributed by atoms with Crippen molar-refractivity contribution in [3.05, 3.63) is 35.6 Å². The van der Waals surface area contributed by atoms with Crippen molar-refractivity contribution in [3.8, 4) is 0 Å². The maximum Gasteiger partial charge on any atom is 0.220 e. The Kier molecular flexibility index (Phi) is 6.43. The van der Waals surface area contributed by atoms with E-state index >= 15 is 0 Å². The van der Waals surface area contributed by atoms with E-state index in [2.05, 4.69) is 10.2 Å². The number of carbonyl (C=O) groups excluding carboxylic acids is 1. The van der Waals surface area contributed by atoms with Crippen LogP contribution in [-0.4, -0.2) is 41.6 Å². The van der Waals surface area contributed by atoms with E-state index in [0.717, 1.165) is 25.9 Å². The molecule has 2 aliphatic rings. The van der Waals surface area contributed by atoms with Crippen LogP contribution in [0.4, 0.5) is 4.39 Å². The number of amides is 1. The number of nitrogens with one attached hydrogen (secondary N) is 1. The first-order chi connectivity index (χ1) is 12.1. The number of carbonyl (C=O) groups is 1. The fourth-order valence-corrected chi connectivity index (χ4v) is 4.11. The molecule has 138 valence electrons. The second-order valence-electron chi connectivity index (χ2n) is 7.53. The molecule has 1 aromatic rings. The van der Waals surface area contributed by atoms with E-state index in [-0.39, 0.29) is 17.8 Å². The maximum atomic E-state index is 13.7. The van der Waals surface area contributed by atoms with Crippen molar-refractivity contribution < 1.29 is 14.3 Å². The Morgan fingerprint density at radius 2 is 1.88 bits per heavy atom. The van der Waals surface area contributed by atoms with Crippen molar-refractivity contribution in [2.75, 3.05) is 19.6 Å². The van der Waals surface area contributed by atoms with Gasteiger partial charge in [0.05, 0.1) is 6.10 Å². The van der Waals surface area contributed by atoms with Gasteiger partial charge in [0.2, 0.25) is 5.91 Å². The highest BCUT2D eigenvalue weighted by atomic mass is 19.1. The van der Waals surface area contributed by atoms with Crippen molar-refractivity contribution in [2.24, 2.45) is 5.92 Å². The molecule has 2 fully saturated rings. The fourth-order valence-electron chi connectivity index (χ4n) is 4.11. The molecule has 0 spiro atoms. The molecule has 5 heteroatoms. The summed E-state index contributed by atoms with van der Waals surface area (Å²) in [7, 11) is 0. The minimum Gasteiger partial charge on any atom is -0.387 e. The molecule has 1 heterocycles. The molecule has 1 aliphatic heterocycles. The first kappa shape index (κ1) is 18.3. The summed E-state index contributed by atoms with van der Waals surface area (Å²) >= 11 is 0. The highest BCUT2D eigenvalue weighted by Gasteiger charge is 2.25. The highest BCUT2D eigenvalue weighted by molar-refractivity contribution is 5.76. The summed E-state index contributed by atoms with van der Waals surface area (Å²) in [6.07, 6.45) is 6.56. The number of β-amino-alcohol motifs (C(OH)–C–C–N with tert-alkyl or cyclic N) is 1. The lowest BCUT2D eigenvalue weighted by Gasteiger charge is -2.33. The Morgan fingerprint density at radius 3 is 2.56 bits per heavy atom. The van der Waals surface area contributed by atoms with Gasteiger partial charge in [-0.2, -0.15) is 0 Å². The first-order valence-corrected chi connectivity index (χ1v) is 9.56. The molecule has 3 rings (SSSR count). The van der Waals surface area contributed by atoms with Gasteiger partial charge in [-0.3, -0.25) is 4.79 Å². The minimum atomic E-state index is -0.810. The van der Waals surface area contributed by atoms with Gasteiger partial charge >= 0.3 is 0 Å². The largest absolute Gasteiger partial charge is 0.387 e. The number of benzene rings is 1. The number of rotatable bonds is 6. The molecule has 2 N–H and O–H groups in total. The Bertz CT molecular complexity index is 567. The van der Waals surface area contributed by atoms with E-state index in [0.29, 0.717) is 24.4 Å². The van der Waals surface area contributed by atoms with Gasteiger partial charge in [-0.15, -0.1) is 0 Å². The summed E-state index contributed by atoms with van der Waals surface area (Å²) in [5.41, 5.74) is 0.356. The molecule has 1 unspecified atom stereocenters. The molecule has 1 saturated carbocycles. The van der Waals surface area contributed by atoms with Crippen LogP contribution < -0.4 is 5.32 Å². The summed E-state index contributed by atoms with van der Waals surface area (Å²) in [5.74, 6) is 0.414. The third-order valence-corrected chi connectivity index (χ3v) is 5.60.